The van der Waals surface area contributed by atoms with Crippen molar-refractivity contribution in [3.05, 3.63) is 59.4 Å². The van der Waals surface area contributed by atoms with Gasteiger partial charge in [-0.25, -0.2) is 9.18 Å². The zero-order valence-electron chi connectivity index (χ0n) is 16.3. The van der Waals surface area contributed by atoms with E-state index < -0.39 is 0 Å². The van der Waals surface area contributed by atoms with Crippen LogP contribution >= 0.6 is 0 Å². The molecule has 0 unspecified atom stereocenters. The standard InChI is InChI=1S/C21H26FN3O3/c1-27-18-5-3-4-16(12-18)14-23-21(26)25-10-8-24(9-11-25)15-17-6-7-20(28-2)19(22)13-17/h3-7,12-13H,8-11,14-15H2,1-2H3,(H,23,26). The van der Waals surface area contributed by atoms with Crippen molar-refractivity contribution in [2.45, 2.75) is 13.1 Å². The molecule has 1 aliphatic rings. The molecule has 1 N–H and O–H groups in total. The molecule has 150 valence electrons. The minimum atomic E-state index is -0.351. The van der Waals surface area contributed by atoms with E-state index in [-0.39, 0.29) is 17.6 Å². The Morgan fingerprint density at radius 3 is 2.50 bits per heavy atom. The molecule has 1 saturated heterocycles. The Balaban J connectivity index is 1.45. The number of rotatable bonds is 6. The number of ether oxygens (including phenoxy) is 2. The number of carbonyl (C=O) groups excluding carboxylic acids is 1. The van der Waals surface area contributed by atoms with Gasteiger partial charge in [0.25, 0.3) is 0 Å². The van der Waals surface area contributed by atoms with Gasteiger partial charge in [-0.3, -0.25) is 4.90 Å². The van der Waals surface area contributed by atoms with Crippen LogP contribution in [-0.2, 0) is 13.1 Å². The lowest BCUT2D eigenvalue weighted by Gasteiger charge is -2.34. The third-order valence-corrected chi connectivity index (χ3v) is 4.86. The monoisotopic (exact) mass is 387 g/mol. The maximum atomic E-state index is 13.8. The fraction of sp³-hybridized carbons (Fsp3) is 0.381. The van der Waals surface area contributed by atoms with Crippen LogP contribution in [-0.4, -0.2) is 56.2 Å². The van der Waals surface area contributed by atoms with Crippen LogP contribution in [0, 0.1) is 5.82 Å². The molecule has 0 aromatic heterocycles. The summed E-state index contributed by atoms with van der Waals surface area (Å²) in [7, 11) is 3.08. The van der Waals surface area contributed by atoms with Gasteiger partial charge < -0.3 is 19.7 Å². The summed E-state index contributed by atoms with van der Waals surface area (Å²) < 4.78 is 24.0. The van der Waals surface area contributed by atoms with E-state index in [4.69, 9.17) is 9.47 Å². The normalized spacial score (nSPS) is 14.6. The molecule has 0 bridgehead atoms. The molecule has 7 heteroatoms. The molecular formula is C21H26FN3O3. The molecule has 3 rings (SSSR count). The summed E-state index contributed by atoms with van der Waals surface area (Å²) in [6.45, 7) is 3.90. The largest absolute Gasteiger partial charge is 0.497 e. The lowest BCUT2D eigenvalue weighted by atomic mass is 10.2. The van der Waals surface area contributed by atoms with Crippen LogP contribution in [0.3, 0.4) is 0 Å². The van der Waals surface area contributed by atoms with Crippen molar-refractivity contribution in [1.82, 2.24) is 15.1 Å². The van der Waals surface area contributed by atoms with Gasteiger partial charge in [-0.05, 0) is 35.4 Å². The number of hydrogen-bond acceptors (Lipinski definition) is 4. The van der Waals surface area contributed by atoms with Crippen molar-refractivity contribution in [3.8, 4) is 11.5 Å². The average Bonchev–Trinajstić information content (AvgIpc) is 2.73. The summed E-state index contributed by atoms with van der Waals surface area (Å²) in [6.07, 6.45) is 0. The van der Waals surface area contributed by atoms with Crippen molar-refractivity contribution in [2.24, 2.45) is 0 Å². The molecule has 1 fully saturated rings. The molecule has 1 aliphatic heterocycles. The molecule has 6 nitrogen and oxygen atoms in total. The molecular weight excluding hydrogens is 361 g/mol. The highest BCUT2D eigenvalue weighted by Crippen LogP contribution is 2.19. The highest BCUT2D eigenvalue weighted by atomic mass is 19.1. The average molecular weight is 387 g/mol. The molecule has 28 heavy (non-hydrogen) atoms. The second kappa shape index (κ2) is 9.41. The predicted molar refractivity (Wildman–Crippen MR) is 105 cm³/mol. The molecule has 2 aromatic rings. The van der Waals surface area contributed by atoms with Crippen LogP contribution in [0.5, 0.6) is 11.5 Å². The Labute approximate surface area is 164 Å². The van der Waals surface area contributed by atoms with Crippen molar-refractivity contribution in [3.63, 3.8) is 0 Å². The topological polar surface area (TPSA) is 54.0 Å². The van der Waals surface area contributed by atoms with Crippen LogP contribution in [0.1, 0.15) is 11.1 Å². The summed E-state index contributed by atoms with van der Waals surface area (Å²) in [4.78, 5) is 16.4. The summed E-state index contributed by atoms with van der Waals surface area (Å²) in [5, 5.41) is 2.95. The zero-order valence-corrected chi connectivity index (χ0v) is 16.3. The van der Waals surface area contributed by atoms with Crippen LogP contribution in [0.4, 0.5) is 9.18 Å². The minimum absolute atomic E-state index is 0.0713. The van der Waals surface area contributed by atoms with Crippen LogP contribution in [0.2, 0.25) is 0 Å². The van der Waals surface area contributed by atoms with E-state index in [0.717, 1.165) is 30.0 Å². The van der Waals surface area contributed by atoms with Gasteiger partial charge >= 0.3 is 6.03 Å². The lowest BCUT2D eigenvalue weighted by Crippen LogP contribution is -2.51. The Hall–Kier alpha value is -2.80. The van der Waals surface area contributed by atoms with E-state index >= 15 is 0 Å². The third kappa shape index (κ3) is 5.13. The van der Waals surface area contributed by atoms with E-state index in [1.807, 2.05) is 35.2 Å². The van der Waals surface area contributed by atoms with E-state index in [1.165, 1.54) is 13.2 Å². The van der Waals surface area contributed by atoms with Gasteiger partial charge in [-0.1, -0.05) is 18.2 Å². The molecule has 1 heterocycles. The number of piperazine rings is 1. The smallest absolute Gasteiger partial charge is 0.317 e. The lowest BCUT2D eigenvalue weighted by molar-refractivity contribution is 0.135. The first-order valence-electron chi connectivity index (χ1n) is 9.29. The highest BCUT2D eigenvalue weighted by Gasteiger charge is 2.21. The summed E-state index contributed by atoms with van der Waals surface area (Å²) in [5.41, 5.74) is 1.89. The molecule has 2 amide bonds. The van der Waals surface area contributed by atoms with Crippen molar-refractivity contribution >= 4 is 6.03 Å². The van der Waals surface area contributed by atoms with Crippen molar-refractivity contribution in [1.29, 1.82) is 0 Å². The molecule has 0 aliphatic carbocycles. The highest BCUT2D eigenvalue weighted by molar-refractivity contribution is 5.74. The number of methoxy groups -OCH3 is 2. The predicted octanol–water partition coefficient (Wildman–Crippen LogP) is 2.87. The first-order valence-corrected chi connectivity index (χ1v) is 9.29. The summed E-state index contributed by atoms with van der Waals surface area (Å²) >= 11 is 0. The number of benzene rings is 2. The summed E-state index contributed by atoms with van der Waals surface area (Å²) in [6, 6.07) is 12.6. The van der Waals surface area contributed by atoms with Crippen LogP contribution < -0.4 is 14.8 Å². The Morgan fingerprint density at radius 2 is 1.82 bits per heavy atom. The number of urea groups is 1. The number of hydrogen-bond donors (Lipinski definition) is 1. The second-order valence-electron chi connectivity index (χ2n) is 6.74. The first-order chi connectivity index (χ1) is 13.6. The maximum absolute atomic E-state index is 13.8. The number of carbonyl (C=O) groups is 1. The zero-order chi connectivity index (χ0) is 19.9. The summed E-state index contributed by atoms with van der Waals surface area (Å²) in [5.74, 6) is 0.673. The minimum Gasteiger partial charge on any atom is -0.497 e. The molecule has 0 radical (unpaired) electrons. The fourth-order valence-electron chi connectivity index (χ4n) is 3.25. The fourth-order valence-corrected chi connectivity index (χ4v) is 3.25. The van der Waals surface area contributed by atoms with Crippen LogP contribution in [0.25, 0.3) is 0 Å². The van der Waals surface area contributed by atoms with Crippen molar-refractivity contribution < 1.29 is 18.7 Å². The number of halogens is 1. The van der Waals surface area contributed by atoms with E-state index in [1.54, 1.807) is 13.2 Å². The quantitative estimate of drug-likeness (QED) is 0.828. The third-order valence-electron chi connectivity index (χ3n) is 4.86. The number of nitrogens with zero attached hydrogens (tertiary/aromatic N) is 2. The van der Waals surface area contributed by atoms with Gasteiger partial charge in [-0.2, -0.15) is 0 Å². The van der Waals surface area contributed by atoms with E-state index in [9.17, 15) is 9.18 Å². The Morgan fingerprint density at radius 1 is 1.04 bits per heavy atom. The molecule has 0 spiro atoms. The van der Waals surface area contributed by atoms with E-state index in [2.05, 4.69) is 10.2 Å². The number of amides is 2. The van der Waals surface area contributed by atoms with Crippen molar-refractivity contribution in [2.75, 3.05) is 40.4 Å². The van der Waals surface area contributed by atoms with E-state index in [0.29, 0.717) is 26.2 Å². The Kier molecular flexibility index (Phi) is 6.71. The van der Waals surface area contributed by atoms with Gasteiger partial charge in [0.1, 0.15) is 5.75 Å². The maximum Gasteiger partial charge on any atom is 0.317 e. The molecule has 2 aromatic carbocycles. The van der Waals surface area contributed by atoms with Gasteiger partial charge in [-0.15, -0.1) is 0 Å². The SMILES string of the molecule is COc1cccc(CNC(=O)N2CCN(Cc3ccc(OC)c(F)c3)CC2)c1. The van der Waals surface area contributed by atoms with Gasteiger partial charge in [0.2, 0.25) is 0 Å². The Bertz CT molecular complexity index is 807. The molecule has 0 atom stereocenters. The van der Waals surface area contributed by atoms with Gasteiger partial charge in [0.15, 0.2) is 11.6 Å². The second-order valence-corrected chi connectivity index (χ2v) is 6.74. The number of nitrogens with one attached hydrogen (secondary N) is 1. The first kappa shape index (κ1) is 19.9. The molecule has 0 saturated carbocycles. The van der Waals surface area contributed by atoms with Crippen LogP contribution in [0.15, 0.2) is 42.5 Å². The van der Waals surface area contributed by atoms with Gasteiger partial charge in [0.05, 0.1) is 14.2 Å². The van der Waals surface area contributed by atoms with Gasteiger partial charge in [0, 0.05) is 39.3 Å².